The topological polar surface area (TPSA) is 49.5 Å². The number of aromatic hydroxyl groups is 1. The van der Waals surface area contributed by atoms with Crippen LogP contribution in [0.2, 0.25) is 0 Å². The van der Waals surface area contributed by atoms with Gasteiger partial charge in [0.1, 0.15) is 5.75 Å². The second-order valence-electron chi connectivity index (χ2n) is 6.27. The summed E-state index contributed by atoms with van der Waals surface area (Å²) < 4.78 is 0. The van der Waals surface area contributed by atoms with E-state index in [0.717, 1.165) is 22.3 Å². The van der Waals surface area contributed by atoms with Gasteiger partial charge in [-0.2, -0.15) is 0 Å². The van der Waals surface area contributed by atoms with Gasteiger partial charge in [0.05, 0.1) is 6.17 Å². The van der Waals surface area contributed by atoms with E-state index in [9.17, 15) is 5.11 Å². The minimum atomic E-state index is -0.148. The lowest BCUT2D eigenvalue weighted by Crippen LogP contribution is -2.29. The van der Waals surface area contributed by atoms with Crippen LogP contribution in [-0.4, -0.2) is 24.1 Å². The first-order chi connectivity index (χ1) is 8.07. The van der Waals surface area contributed by atoms with Crippen LogP contribution in [0.3, 0.4) is 0 Å². The van der Waals surface area contributed by atoms with Crippen LogP contribution in [0.4, 0.5) is 0 Å². The molecule has 0 saturated carbocycles. The second kappa shape index (κ2) is 4.90. The summed E-state index contributed by atoms with van der Waals surface area (Å²) in [5.41, 5.74) is 10.2. The fraction of sp³-hybridized carbons (Fsp3) is 0.600. The third-order valence-corrected chi connectivity index (χ3v) is 3.59. The van der Waals surface area contributed by atoms with Crippen molar-refractivity contribution in [3.8, 4) is 5.75 Å². The highest BCUT2D eigenvalue weighted by atomic mass is 16.3. The van der Waals surface area contributed by atoms with Gasteiger partial charge in [-0.05, 0) is 61.7 Å². The fourth-order valence-corrected chi connectivity index (χ4v) is 2.09. The van der Waals surface area contributed by atoms with Crippen LogP contribution in [0, 0.1) is 13.8 Å². The standard InChI is InChI=1S/C15H26N2O/c1-9-10(2)13(18)12(15(3,4)5)8-11(9)14(16)17(6)7/h8,14,18H,16H2,1-7H3. The molecule has 0 bridgehead atoms. The SMILES string of the molecule is Cc1c(C(N)N(C)C)cc(C(C)(C)C)c(O)c1C. The van der Waals surface area contributed by atoms with Gasteiger partial charge in [-0.3, -0.25) is 4.90 Å². The van der Waals surface area contributed by atoms with Crippen molar-refractivity contribution in [2.75, 3.05) is 14.1 Å². The molecule has 0 radical (unpaired) electrons. The number of hydrogen-bond acceptors (Lipinski definition) is 3. The van der Waals surface area contributed by atoms with Crippen molar-refractivity contribution in [3.05, 3.63) is 28.3 Å². The smallest absolute Gasteiger partial charge is 0.122 e. The van der Waals surface area contributed by atoms with Gasteiger partial charge in [-0.1, -0.05) is 20.8 Å². The van der Waals surface area contributed by atoms with Gasteiger partial charge < -0.3 is 10.8 Å². The van der Waals surface area contributed by atoms with E-state index in [0.29, 0.717) is 5.75 Å². The Bertz CT molecular complexity index is 445. The molecule has 1 unspecified atom stereocenters. The zero-order valence-corrected chi connectivity index (χ0v) is 12.6. The number of rotatable bonds is 2. The first-order valence-electron chi connectivity index (χ1n) is 6.33. The van der Waals surface area contributed by atoms with Gasteiger partial charge in [-0.25, -0.2) is 0 Å². The molecule has 1 aromatic rings. The first kappa shape index (κ1) is 15.0. The van der Waals surface area contributed by atoms with E-state index < -0.39 is 0 Å². The lowest BCUT2D eigenvalue weighted by Gasteiger charge is -2.28. The molecule has 3 heteroatoms. The molecule has 1 atom stereocenters. The van der Waals surface area contributed by atoms with Gasteiger partial charge in [0.15, 0.2) is 0 Å². The Labute approximate surface area is 111 Å². The van der Waals surface area contributed by atoms with Crippen molar-refractivity contribution >= 4 is 0 Å². The van der Waals surface area contributed by atoms with Crippen molar-refractivity contribution in [2.45, 2.75) is 46.2 Å². The predicted molar refractivity (Wildman–Crippen MR) is 76.9 cm³/mol. The second-order valence-corrected chi connectivity index (χ2v) is 6.27. The number of hydrogen-bond donors (Lipinski definition) is 2. The van der Waals surface area contributed by atoms with Crippen molar-refractivity contribution in [1.29, 1.82) is 0 Å². The molecular formula is C15H26N2O. The molecule has 0 aliphatic heterocycles. The van der Waals surface area contributed by atoms with E-state index in [2.05, 4.69) is 20.8 Å². The Morgan fingerprint density at radius 2 is 1.67 bits per heavy atom. The van der Waals surface area contributed by atoms with Crippen LogP contribution in [-0.2, 0) is 5.41 Å². The largest absolute Gasteiger partial charge is 0.507 e. The zero-order chi connectivity index (χ0) is 14.2. The Morgan fingerprint density at radius 1 is 1.17 bits per heavy atom. The Hall–Kier alpha value is -1.06. The molecule has 0 fully saturated rings. The highest BCUT2D eigenvalue weighted by molar-refractivity contribution is 5.51. The molecule has 0 aromatic heterocycles. The number of nitrogens with two attached hydrogens (primary N) is 1. The summed E-state index contributed by atoms with van der Waals surface area (Å²) in [4.78, 5) is 1.98. The number of phenols is 1. The predicted octanol–water partition coefficient (Wildman–Crippen LogP) is 2.83. The Balaban J connectivity index is 3.51. The molecule has 18 heavy (non-hydrogen) atoms. The molecule has 0 saturated heterocycles. The van der Waals surface area contributed by atoms with Crippen molar-refractivity contribution in [3.63, 3.8) is 0 Å². The molecule has 0 spiro atoms. The fourth-order valence-electron chi connectivity index (χ4n) is 2.09. The summed E-state index contributed by atoms with van der Waals surface area (Å²) in [7, 11) is 3.92. The number of benzene rings is 1. The lowest BCUT2D eigenvalue weighted by molar-refractivity contribution is 0.305. The van der Waals surface area contributed by atoms with Crippen LogP contribution in [0.5, 0.6) is 5.75 Å². The molecule has 0 amide bonds. The van der Waals surface area contributed by atoms with Gasteiger partial charge in [0.2, 0.25) is 0 Å². The average molecular weight is 250 g/mol. The molecule has 102 valence electrons. The molecule has 0 aliphatic rings. The minimum absolute atomic E-state index is 0.0939. The molecule has 0 aliphatic carbocycles. The molecule has 3 nitrogen and oxygen atoms in total. The maximum Gasteiger partial charge on any atom is 0.122 e. The normalized spacial score (nSPS) is 14.1. The third kappa shape index (κ3) is 2.68. The van der Waals surface area contributed by atoms with E-state index in [1.54, 1.807) is 0 Å². The molecule has 1 rings (SSSR count). The molecule has 0 heterocycles. The summed E-state index contributed by atoms with van der Waals surface area (Å²) in [6.07, 6.45) is -0.148. The van der Waals surface area contributed by atoms with Gasteiger partial charge >= 0.3 is 0 Å². The van der Waals surface area contributed by atoms with Crippen molar-refractivity contribution < 1.29 is 5.11 Å². The lowest BCUT2D eigenvalue weighted by atomic mass is 9.82. The Morgan fingerprint density at radius 3 is 2.06 bits per heavy atom. The van der Waals surface area contributed by atoms with Crippen molar-refractivity contribution in [1.82, 2.24) is 4.90 Å². The third-order valence-electron chi connectivity index (χ3n) is 3.59. The highest BCUT2D eigenvalue weighted by Gasteiger charge is 2.24. The van der Waals surface area contributed by atoms with Crippen LogP contribution in [0.15, 0.2) is 6.07 Å². The van der Waals surface area contributed by atoms with Gasteiger partial charge in [-0.15, -0.1) is 0 Å². The number of nitrogens with zero attached hydrogens (tertiary/aromatic N) is 1. The highest BCUT2D eigenvalue weighted by Crippen LogP contribution is 2.37. The minimum Gasteiger partial charge on any atom is -0.507 e. The van der Waals surface area contributed by atoms with Gasteiger partial charge in [0, 0.05) is 0 Å². The quantitative estimate of drug-likeness (QED) is 0.794. The monoisotopic (exact) mass is 250 g/mol. The van der Waals surface area contributed by atoms with Crippen LogP contribution in [0.25, 0.3) is 0 Å². The number of phenolic OH excluding ortho intramolecular Hbond substituents is 1. The zero-order valence-electron chi connectivity index (χ0n) is 12.6. The Kier molecular flexibility index (Phi) is 4.08. The summed E-state index contributed by atoms with van der Waals surface area (Å²) >= 11 is 0. The first-order valence-corrected chi connectivity index (χ1v) is 6.33. The summed E-state index contributed by atoms with van der Waals surface area (Å²) in [5.74, 6) is 0.398. The molecule has 1 aromatic carbocycles. The summed E-state index contributed by atoms with van der Waals surface area (Å²) in [6.45, 7) is 10.3. The van der Waals surface area contributed by atoms with E-state index >= 15 is 0 Å². The summed E-state index contributed by atoms with van der Waals surface area (Å²) in [5, 5.41) is 10.3. The van der Waals surface area contributed by atoms with E-state index in [4.69, 9.17) is 5.73 Å². The van der Waals surface area contributed by atoms with E-state index in [1.807, 2.05) is 38.9 Å². The van der Waals surface area contributed by atoms with Gasteiger partial charge in [0.25, 0.3) is 0 Å². The van der Waals surface area contributed by atoms with Crippen LogP contribution < -0.4 is 5.73 Å². The van der Waals surface area contributed by atoms with Crippen LogP contribution >= 0.6 is 0 Å². The van der Waals surface area contributed by atoms with Crippen LogP contribution in [0.1, 0.15) is 49.2 Å². The molecular weight excluding hydrogens is 224 g/mol. The average Bonchev–Trinajstić information content (AvgIpc) is 2.23. The maximum absolute atomic E-state index is 10.3. The molecule has 3 N–H and O–H groups in total. The van der Waals surface area contributed by atoms with E-state index in [1.165, 1.54) is 0 Å². The summed E-state index contributed by atoms with van der Waals surface area (Å²) in [6, 6.07) is 2.04. The maximum atomic E-state index is 10.3. The van der Waals surface area contributed by atoms with E-state index in [-0.39, 0.29) is 11.6 Å². The van der Waals surface area contributed by atoms with Crippen molar-refractivity contribution in [2.24, 2.45) is 5.73 Å².